The third-order valence-corrected chi connectivity index (χ3v) is 2.18. The van der Waals surface area contributed by atoms with E-state index in [0.29, 0.717) is 6.42 Å². The Bertz CT molecular complexity index is 328. The largest absolute Gasteiger partial charge is 0.481 e. The van der Waals surface area contributed by atoms with E-state index in [1.165, 1.54) is 0 Å². The number of aliphatic carboxylic acids is 1. The molecule has 84 valence electrons. The smallest absolute Gasteiger partial charge is 0.304 e. The number of benzene rings is 1. The number of carbonyl (C=O) groups is 1. The van der Waals surface area contributed by atoms with Crippen LogP contribution in [0.2, 0.25) is 0 Å². The van der Waals surface area contributed by atoms with Gasteiger partial charge in [-0.1, -0.05) is 24.3 Å². The van der Waals surface area contributed by atoms with Crippen LogP contribution in [0, 0.1) is 6.92 Å². The van der Waals surface area contributed by atoms with Crippen molar-refractivity contribution in [2.45, 2.75) is 25.8 Å². The highest BCUT2D eigenvalue weighted by atomic mass is 35.5. The van der Waals surface area contributed by atoms with Crippen LogP contribution in [0.5, 0.6) is 0 Å². The second kappa shape index (κ2) is 6.43. The summed E-state index contributed by atoms with van der Waals surface area (Å²) in [6, 6.07) is 7.59. The molecule has 0 heterocycles. The molecule has 0 fully saturated rings. The SMILES string of the molecule is Cc1ccccc1C[C@@H](N)CC(=O)O.Cl. The van der Waals surface area contributed by atoms with Gasteiger partial charge in [-0.2, -0.15) is 0 Å². The number of hydrogen-bond acceptors (Lipinski definition) is 2. The molecule has 15 heavy (non-hydrogen) atoms. The monoisotopic (exact) mass is 229 g/mol. The lowest BCUT2D eigenvalue weighted by molar-refractivity contribution is -0.137. The Labute approximate surface area is 95.7 Å². The van der Waals surface area contributed by atoms with Crippen molar-refractivity contribution in [1.82, 2.24) is 0 Å². The highest BCUT2D eigenvalue weighted by Crippen LogP contribution is 2.10. The number of rotatable bonds is 4. The summed E-state index contributed by atoms with van der Waals surface area (Å²) in [7, 11) is 0. The summed E-state index contributed by atoms with van der Waals surface area (Å²) in [4.78, 5) is 10.4. The van der Waals surface area contributed by atoms with Crippen LogP contribution in [0.4, 0.5) is 0 Å². The maximum Gasteiger partial charge on any atom is 0.304 e. The molecule has 0 aliphatic rings. The van der Waals surface area contributed by atoms with E-state index in [9.17, 15) is 4.79 Å². The first kappa shape index (κ1) is 13.9. The summed E-state index contributed by atoms with van der Waals surface area (Å²) in [5.74, 6) is -0.842. The number of hydrogen-bond donors (Lipinski definition) is 2. The molecule has 3 nitrogen and oxygen atoms in total. The normalized spacial score (nSPS) is 11.6. The molecule has 1 atom stereocenters. The zero-order chi connectivity index (χ0) is 10.6. The summed E-state index contributed by atoms with van der Waals surface area (Å²) in [6.07, 6.45) is 0.646. The van der Waals surface area contributed by atoms with Gasteiger partial charge in [-0.25, -0.2) is 0 Å². The molecule has 4 heteroatoms. The molecular formula is C11H16ClNO2. The lowest BCUT2D eigenvalue weighted by Gasteiger charge is -2.10. The van der Waals surface area contributed by atoms with Gasteiger partial charge >= 0.3 is 5.97 Å². The van der Waals surface area contributed by atoms with Crippen LogP contribution >= 0.6 is 12.4 Å². The molecule has 0 saturated heterocycles. The van der Waals surface area contributed by atoms with E-state index < -0.39 is 5.97 Å². The number of halogens is 1. The summed E-state index contributed by atoms with van der Waals surface area (Å²) in [5, 5.41) is 8.55. The van der Waals surface area contributed by atoms with Crippen molar-refractivity contribution >= 4 is 18.4 Å². The Hall–Kier alpha value is -1.06. The predicted molar refractivity (Wildman–Crippen MR) is 62.4 cm³/mol. The molecule has 0 radical (unpaired) electrons. The summed E-state index contributed by atoms with van der Waals surface area (Å²) in [6.45, 7) is 2.00. The number of carboxylic acids is 1. The minimum absolute atomic E-state index is 0. The molecular weight excluding hydrogens is 214 g/mol. The summed E-state index contributed by atoms with van der Waals surface area (Å²) >= 11 is 0. The topological polar surface area (TPSA) is 63.3 Å². The van der Waals surface area contributed by atoms with Crippen LogP contribution < -0.4 is 5.73 Å². The number of carboxylic acid groups (broad SMARTS) is 1. The summed E-state index contributed by atoms with van der Waals surface area (Å²) in [5.41, 5.74) is 7.98. The van der Waals surface area contributed by atoms with Gasteiger partial charge in [0.1, 0.15) is 0 Å². The highest BCUT2D eigenvalue weighted by Gasteiger charge is 2.09. The van der Waals surface area contributed by atoms with E-state index in [0.717, 1.165) is 11.1 Å². The molecule has 0 aliphatic carbocycles. The Morgan fingerprint density at radius 1 is 1.47 bits per heavy atom. The fourth-order valence-corrected chi connectivity index (χ4v) is 1.42. The lowest BCUT2D eigenvalue weighted by atomic mass is 10.00. The van der Waals surface area contributed by atoms with Gasteiger partial charge in [0.25, 0.3) is 0 Å². The molecule has 0 saturated carbocycles. The van der Waals surface area contributed by atoms with Crippen LogP contribution in [0.1, 0.15) is 17.5 Å². The maximum absolute atomic E-state index is 10.4. The first-order valence-electron chi connectivity index (χ1n) is 4.61. The molecule has 0 aliphatic heterocycles. The molecule has 1 aromatic rings. The predicted octanol–water partition coefficient (Wildman–Crippen LogP) is 1.76. The van der Waals surface area contributed by atoms with Crippen molar-refractivity contribution in [3.8, 4) is 0 Å². The molecule has 0 amide bonds. The average molecular weight is 230 g/mol. The third-order valence-electron chi connectivity index (χ3n) is 2.18. The zero-order valence-electron chi connectivity index (χ0n) is 8.64. The fraction of sp³-hybridized carbons (Fsp3) is 0.364. The van der Waals surface area contributed by atoms with E-state index in [1.54, 1.807) is 0 Å². The van der Waals surface area contributed by atoms with Gasteiger partial charge in [-0.3, -0.25) is 4.79 Å². The maximum atomic E-state index is 10.4. The van der Waals surface area contributed by atoms with Crippen molar-refractivity contribution in [2.75, 3.05) is 0 Å². The van der Waals surface area contributed by atoms with Crippen LogP contribution in [0.25, 0.3) is 0 Å². The quantitative estimate of drug-likeness (QED) is 0.827. The van der Waals surface area contributed by atoms with E-state index >= 15 is 0 Å². The fourth-order valence-electron chi connectivity index (χ4n) is 1.42. The van der Waals surface area contributed by atoms with Gasteiger partial charge in [-0.15, -0.1) is 12.4 Å². The van der Waals surface area contributed by atoms with Gasteiger partial charge in [0.2, 0.25) is 0 Å². The zero-order valence-corrected chi connectivity index (χ0v) is 9.46. The van der Waals surface area contributed by atoms with Gasteiger partial charge in [0.05, 0.1) is 6.42 Å². The van der Waals surface area contributed by atoms with Crippen LogP contribution in [0.3, 0.4) is 0 Å². The van der Waals surface area contributed by atoms with Crippen molar-refractivity contribution in [2.24, 2.45) is 5.73 Å². The van der Waals surface area contributed by atoms with E-state index in [2.05, 4.69) is 0 Å². The van der Waals surface area contributed by atoms with Gasteiger partial charge in [-0.05, 0) is 24.5 Å². The third kappa shape index (κ3) is 4.81. The van der Waals surface area contributed by atoms with Crippen molar-refractivity contribution in [3.05, 3.63) is 35.4 Å². The minimum atomic E-state index is -0.842. The molecule has 3 N–H and O–H groups in total. The average Bonchev–Trinajstić information content (AvgIpc) is 2.07. The Morgan fingerprint density at radius 3 is 2.60 bits per heavy atom. The molecule has 0 bridgehead atoms. The van der Waals surface area contributed by atoms with Crippen molar-refractivity contribution < 1.29 is 9.90 Å². The Kier molecular flexibility index (Phi) is 5.97. The van der Waals surface area contributed by atoms with E-state index in [-0.39, 0.29) is 24.9 Å². The summed E-state index contributed by atoms with van der Waals surface area (Å²) < 4.78 is 0. The molecule has 0 spiro atoms. The highest BCUT2D eigenvalue weighted by molar-refractivity contribution is 5.85. The molecule has 1 rings (SSSR count). The molecule has 0 unspecified atom stereocenters. The van der Waals surface area contributed by atoms with Crippen molar-refractivity contribution in [3.63, 3.8) is 0 Å². The van der Waals surface area contributed by atoms with Gasteiger partial charge in [0, 0.05) is 6.04 Å². The molecule has 0 aromatic heterocycles. The van der Waals surface area contributed by atoms with Crippen molar-refractivity contribution in [1.29, 1.82) is 0 Å². The van der Waals surface area contributed by atoms with Crippen LogP contribution in [0.15, 0.2) is 24.3 Å². The van der Waals surface area contributed by atoms with E-state index in [4.69, 9.17) is 10.8 Å². The first-order valence-corrected chi connectivity index (χ1v) is 4.61. The first-order chi connectivity index (χ1) is 6.59. The molecule has 1 aromatic carbocycles. The van der Waals surface area contributed by atoms with Crippen LogP contribution in [-0.4, -0.2) is 17.1 Å². The second-order valence-corrected chi connectivity index (χ2v) is 3.49. The van der Waals surface area contributed by atoms with Crippen LogP contribution in [-0.2, 0) is 11.2 Å². The standard InChI is InChI=1S/C11H15NO2.ClH/c1-8-4-2-3-5-9(8)6-10(12)7-11(13)14;/h2-5,10H,6-7,12H2,1H3,(H,13,14);1H/t10-;/m1./s1. The van der Waals surface area contributed by atoms with Gasteiger partial charge < -0.3 is 10.8 Å². The Morgan fingerprint density at radius 2 is 2.07 bits per heavy atom. The van der Waals surface area contributed by atoms with E-state index in [1.807, 2.05) is 31.2 Å². The number of aryl methyl sites for hydroxylation is 1. The Balaban J connectivity index is 0.00000196. The number of nitrogens with two attached hydrogens (primary N) is 1. The minimum Gasteiger partial charge on any atom is -0.481 e. The lowest BCUT2D eigenvalue weighted by Crippen LogP contribution is -2.26. The van der Waals surface area contributed by atoms with Gasteiger partial charge in [0.15, 0.2) is 0 Å². The second-order valence-electron chi connectivity index (χ2n) is 3.49.